The first-order chi connectivity index (χ1) is 8.96. The highest BCUT2D eigenvalue weighted by molar-refractivity contribution is 5.41. The molecule has 0 saturated heterocycles. The van der Waals surface area contributed by atoms with Crippen molar-refractivity contribution in [2.24, 2.45) is 0 Å². The second-order valence-electron chi connectivity index (χ2n) is 4.36. The van der Waals surface area contributed by atoms with Crippen molar-refractivity contribution in [2.45, 2.75) is 12.5 Å². The molecule has 96 valence electrons. The van der Waals surface area contributed by atoms with Crippen LogP contribution in [-0.4, -0.2) is 5.11 Å². The van der Waals surface area contributed by atoms with Crippen LogP contribution in [0, 0.1) is 23.0 Å². The van der Waals surface area contributed by atoms with Crippen LogP contribution in [0.3, 0.4) is 0 Å². The third-order valence-corrected chi connectivity index (χ3v) is 3.00. The Morgan fingerprint density at radius 3 is 2.26 bits per heavy atom. The van der Waals surface area contributed by atoms with E-state index in [0.29, 0.717) is 5.56 Å². The fourth-order valence-electron chi connectivity index (χ4n) is 2.00. The van der Waals surface area contributed by atoms with E-state index in [-0.39, 0.29) is 5.56 Å². The summed E-state index contributed by atoms with van der Waals surface area (Å²) >= 11 is 0. The van der Waals surface area contributed by atoms with Gasteiger partial charge in [0.2, 0.25) is 0 Å². The van der Waals surface area contributed by atoms with Crippen LogP contribution in [0.5, 0.6) is 0 Å². The molecule has 4 heteroatoms. The van der Waals surface area contributed by atoms with Crippen molar-refractivity contribution >= 4 is 0 Å². The average Bonchev–Trinajstić information content (AvgIpc) is 2.38. The van der Waals surface area contributed by atoms with Crippen molar-refractivity contribution in [1.29, 1.82) is 5.26 Å². The van der Waals surface area contributed by atoms with Gasteiger partial charge in [-0.1, -0.05) is 18.2 Å². The summed E-state index contributed by atoms with van der Waals surface area (Å²) in [5.74, 6) is -1.65. The van der Waals surface area contributed by atoms with Gasteiger partial charge >= 0.3 is 0 Å². The summed E-state index contributed by atoms with van der Waals surface area (Å²) in [7, 11) is 0. The molecule has 19 heavy (non-hydrogen) atoms. The van der Waals surface area contributed by atoms with Gasteiger partial charge in [-0.2, -0.15) is 5.26 Å². The summed E-state index contributed by atoms with van der Waals surface area (Å²) in [5, 5.41) is 19.3. The molecule has 1 N–H and O–H groups in total. The minimum absolute atomic E-state index is 0.260. The zero-order chi connectivity index (χ0) is 14.0. The molecule has 0 aliphatic heterocycles. The largest absolute Gasteiger partial charge is 0.380 e. The van der Waals surface area contributed by atoms with Gasteiger partial charge in [0.1, 0.15) is 17.2 Å². The van der Waals surface area contributed by atoms with E-state index in [4.69, 9.17) is 5.26 Å². The highest BCUT2D eigenvalue weighted by Gasteiger charge is 2.32. The molecule has 0 bridgehead atoms. The molecule has 0 amide bonds. The van der Waals surface area contributed by atoms with Gasteiger partial charge in [-0.05, 0) is 36.8 Å². The topological polar surface area (TPSA) is 44.0 Å². The molecule has 2 aromatic carbocycles. The van der Waals surface area contributed by atoms with Crippen molar-refractivity contribution in [2.75, 3.05) is 0 Å². The summed E-state index contributed by atoms with van der Waals surface area (Å²) in [6, 6.07) is 11.4. The molecule has 1 unspecified atom stereocenters. The van der Waals surface area contributed by atoms with Crippen LogP contribution in [0.2, 0.25) is 0 Å². The summed E-state index contributed by atoms with van der Waals surface area (Å²) in [4.78, 5) is 0. The Morgan fingerprint density at radius 2 is 1.68 bits per heavy atom. The van der Waals surface area contributed by atoms with E-state index in [1.54, 1.807) is 12.1 Å². The van der Waals surface area contributed by atoms with Gasteiger partial charge in [-0.3, -0.25) is 0 Å². The van der Waals surface area contributed by atoms with E-state index >= 15 is 0 Å². The van der Waals surface area contributed by atoms with E-state index in [9.17, 15) is 13.9 Å². The van der Waals surface area contributed by atoms with Crippen molar-refractivity contribution in [3.05, 3.63) is 70.8 Å². The Kier molecular flexibility index (Phi) is 3.32. The van der Waals surface area contributed by atoms with E-state index in [0.717, 1.165) is 12.1 Å². The average molecular weight is 259 g/mol. The molecule has 0 fully saturated rings. The first kappa shape index (κ1) is 13.2. The molecule has 0 heterocycles. The lowest BCUT2D eigenvalue weighted by atomic mass is 9.87. The molecule has 0 aliphatic carbocycles. The fourth-order valence-corrected chi connectivity index (χ4v) is 2.00. The number of aliphatic hydroxyl groups is 1. The SMILES string of the molecule is CC(O)(c1cccc(C#N)c1)c1c(F)cccc1F. The molecule has 0 saturated carbocycles. The third kappa shape index (κ3) is 2.33. The Morgan fingerprint density at radius 1 is 1.11 bits per heavy atom. The molecule has 0 aromatic heterocycles. The maximum atomic E-state index is 13.7. The quantitative estimate of drug-likeness (QED) is 0.900. The van der Waals surface area contributed by atoms with Gasteiger partial charge in [-0.25, -0.2) is 8.78 Å². The highest BCUT2D eigenvalue weighted by atomic mass is 19.1. The molecule has 1 atom stereocenters. The minimum Gasteiger partial charge on any atom is -0.380 e. The standard InChI is InChI=1S/C15H11F2NO/c1-15(19,11-5-2-4-10(8-11)9-18)14-12(16)6-3-7-13(14)17/h2-8,19H,1H3. The zero-order valence-corrected chi connectivity index (χ0v) is 10.2. The Hall–Kier alpha value is -2.25. The summed E-state index contributed by atoms with van der Waals surface area (Å²) in [6.07, 6.45) is 0. The molecular weight excluding hydrogens is 248 g/mol. The first-order valence-corrected chi connectivity index (χ1v) is 5.64. The smallest absolute Gasteiger partial charge is 0.132 e. The number of hydrogen-bond donors (Lipinski definition) is 1. The Labute approximate surface area is 109 Å². The van der Waals surface area contributed by atoms with Crippen LogP contribution in [0.25, 0.3) is 0 Å². The van der Waals surface area contributed by atoms with Gasteiger partial charge in [-0.15, -0.1) is 0 Å². The van der Waals surface area contributed by atoms with Gasteiger partial charge in [0.15, 0.2) is 0 Å². The molecule has 0 spiro atoms. The van der Waals surface area contributed by atoms with Crippen LogP contribution in [-0.2, 0) is 5.60 Å². The molecule has 2 aromatic rings. The van der Waals surface area contributed by atoms with Gasteiger partial charge < -0.3 is 5.11 Å². The fraction of sp³-hybridized carbons (Fsp3) is 0.133. The van der Waals surface area contributed by atoms with Crippen molar-refractivity contribution < 1.29 is 13.9 Å². The van der Waals surface area contributed by atoms with Gasteiger partial charge in [0.05, 0.1) is 17.2 Å². The summed E-state index contributed by atoms with van der Waals surface area (Å²) < 4.78 is 27.5. The number of nitrogens with zero attached hydrogens (tertiary/aromatic N) is 1. The second kappa shape index (κ2) is 4.79. The highest BCUT2D eigenvalue weighted by Crippen LogP contribution is 2.33. The van der Waals surface area contributed by atoms with Crippen LogP contribution < -0.4 is 0 Å². The second-order valence-corrected chi connectivity index (χ2v) is 4.36. The normalized spacial score (nSPS) is 13.6. The van der Waals surface area contributed by atoms with Crippen LogP contribution >= 0.6 is 0 Å². The molecule has 2 nitrogen and oxygen atoms in total. The van der Waals surface area contributed by atoms with Crippen molar-refractivity contribution in [1.82, 2.24) is 0 Å². The third-order valence-electron chi connectivity index (χ3n) is 3.00. The maximum absolute atomic E-state index is 13.7. The van der Waals surface area contributed by atoms with Crippen molar-refractivity contribution in [3.8, 4) is 6.07 Å². The number of rotatable bonds is 2. The summed E-state index contributed by atoms with van der Waals surface area (Å²) in [5.41, 5.74) is -1.70. The van der Waals surface area contributed by atoms with E-state index in [2.05, 4.69) is 0 Å². The predicted molar refractivity (Wildman–Crippen MR) is 66.2 cm³/mol. The number of benzene rings is 2. The van der Waals surface area contributed by atoms with Crippen LogP contribution in [0.15, 0.2) is 42.5 Å². The number of hydrogen-bond acceptors (Lipinski definition) is 2. The predicted octanol–water partition coefficient (Wildman–Crippen LogP) is 3.09. The number of nitriles is 1. The van der Waals surface area contributed by atoms with E-state index < -0.39 is 22.8 Å². The van der Waals surface area contributed by atoms with Crippen LogP contribution in [0.1, 0.15) is 23.6 Å². The van der Waals surface area contributed by atoms with Gasteiger partial charge in [0.25, 0.3) is 0 Å². The summed E-state index contributed by atoms with van der Waals surface area (Å²) in [6.45, 7) is 1.30. The first-order valence-electron chi connectivity index (χ1n) is 5.64. The van der Waals surface area contributed by atoms with Crippen LogP contribution in [0.4, 0.5) is 8.78 Å². The zero-order valence-electron chi connectivity index (χ0n) is 10.2. The molecule has 2 rings (SSSR count). The lowest BCUT2D eigenvalue weighted by Gasteiger charge is -2.25. The molecular formula is C15H11F2NO. The Bertz CT molecular complexity index is 639. The van der Waals surface area contributed by atoms with Gasteiger partial charge in [0, 0.05) is 0 Å². The van der Waals surface area contributed by atoms with Crippen molar-refractivity contribution in [3.63, 3.8) is 0 Å². The monoisotopic (exact) mass is 259 g/mol. The lowest BCUT2D eigenvalue weighted by molar-refractivity contribution is 0.0934. The number of halogens is 2. The minimum atomic E-state index is -1.84. The maximum Gasteiger partial charge on any atom is 0.132 e. The molecule has 0 radical (unpaired) electrons. The Balaban J connectivity index is 2.62. The van der Waals surface area contributed by atoms with E-state index in [1.807, 2.05) is 6.07 Å². The lowest BCUT2D eigenvalue weighted by Crippen LogP contribution is -2.26. The molecule has 0 aliphatic rings. The van der Waals surface area contributed by atoms with E-state index in [1.165, 1.54) is 25.1 Å².